The number of nitrogens with one attached hydrogen (secondary N) is 1. The minimum atomic E-state index is -0.111. The van der Waals surface area contributed by atoms with Gasteiger partial charge < -0.3 is 9.47 Å². The smallest absolute Gasteiger partial charge is 0.244 e. The molecule has 0 heterocycles. The minimum Gasteiger partial charge on any atom is -0.493 e. The van der Waals surface area contributed by atoms with Crippen molar-refractivity contribution in [3.63, 3.8) is 0 Å². The second-order valence-corrected chi connectivity index (χ2v) is 5.14. The average molecular weight is 290 g/mol. The third kappa shape index (κ3) is 4.48. The van der Waals surface area contributed by atoms with Crippen molar-refractivity contribution in [3.8, 4) is 11.5 Å². The van der Waals surface area contributed by atoms with Crippen LogP contribution in [-0.4, -0.2) is 25.8 Å². The Hall–Kier alpha value is -2.04. The zero-order valence-corrected chi connectivity index (χ0v) is 12.6. The Labute approximate surface area is 125 Å². The summed E-state index contributed by atoms with van der Waals surface area (Å²) in [5.74, 6) is 1.17. The van der Waals surface area contributed by atoms with E-state index in [4.69, 9.17) is 9.47 Å². The SMILES string of the molecule is COc1ccc(CC(=O)NN=C2CCCCC2)cc1OC. The largest absolute Gasteiger partial charge is 0.493 e. The van der Waals surface area contributed by atoms with Gasteiger partial charge >= 0.3 is 0 Å². The minimum absolute atomic E-state index is 0.111. The summed E-state index contributed by atoms with van der Waals surface area (Å²) in [6.45, 7) is 0. The molecule has 5 heteroatoms. The molecule has 0 unspecified atom stereocenters. The monoisotopic (exact) mass is 290 g/mol. The molecule has 0 bridgehead atoms. The number of carbonyl (C=O) groups is 1. The summed E-state index contributed by atoms with van der Waals surface area (Å²) in [5, 5.41) is 4.22. The molecule has 0 saturated heterocycles. The summed E-state index contributed by atoms with van der Waals surface area (Å²) < 4.78 is 10.4. The molecule has 5 nitrogen and oxygen atoms in total. The Morgan fingerprint density at radius 2 is 1.86 bits per heavy atom. The number of carbonyl (C=O) groups excluding carboxylic acids is 1. The van der Waals surface area contributed by atoms with Gasteiger partial charge in [-0.25, -0.2) is 5.43 Å². The van der Waals surface area contributed by atoms with E-state index >= 15 is 0 Å². The molecular formula is C16H22N2O3. The summed E-state index contributed by atoms with van der Waals surface area (Å²) in [6.07, 6.45) is 5.87. The highest BCUT2D eigenvalue weighted by atomic mass is 16.5. The molecule has 1 N–H and O–H groups in total. The van der Waals surface area contributed by atoms with Crippen molar-refractivity contribution >= 4 is 11.6 Å². The van der Waals surface area contributed by atoms with Gasteiger partial charge in [-0.1, -0.05) is 12.5 Å². The van der Waals surface area contributed by atoms with Gasteiger partial charge in [-0.3, -0.25) is 4.79 Å². The van der Waals surface area contributed by atoms with Crippen LogP contribution in [-0.2, 0) is 11.2 Å². The van der Waals surface area contributed by atoms with Crippen molar-refractivity contribution < 1.29 is 14.3 Å². The predicted molar refractivity (Wildman–Crippen MR) is 81.9 cm³/mol. The summed E-state index contributed by atoms with van der Waals surface area (Å²) in [6, 6.07) is 5.47. The second-order valence-electron chi connectivity index (χ2n) is 5.14. The van der Waals surface area contributed by atoms with Gasteiger partial charge in [-0.05, 0) is 43.4 Å². The highest BCUT2D eigenvalue weighted by Crippen LogP contribution is 2.27. The van der Waals surface area contributed by atoms with E-state index in [1.54, 1.807) is 20.3 Å². The van der Waals surface area contributed by atoms with Gasteiger partial charge in [0.15, 0.2) is 11.5 Å². The van der Waals surface area contributed by atoms with Gasteiger partial charge in [0.05, 0.1) is 20.6 Å². The van der Waals surface area contributed by atoms with Gasteiger partial charge in [-0.2, -0.15) is 5.10 Å². The molecule has 0 aromatic heterocycles. The van der Waals surface area contributed by atoms with Gasteiger partial charge in [0.25, 0.3) is 0 Å². The third-order valence-corrected chi connectivity index (χ3v) is 3.58. The van der Waals surface area contributed by atoms with E-state index in [0.717, 1.165) is 24.1 Å². The maximum atomic E-state index is 11.9. The lowest BCUT2D eigenvalue weighted by molar-refractivity contribution is -0.120. The van der Waals surface area contributed by atoms with Crippen LogP contribution in [0.5, 0.6) is 11.5 Å². The van der Waals surface area contributed by atoms with Gasteiger partial charge in [0, 0.05) is 5.71 Å². The number of rotatable bonds is 5. The standard InChI is InChI=1S/C16H22N2O3/c1-20-14-9-8-12(10-15(14)21-2)11-16(19)18-17-13-6-4-3-5-7-13/h8-10H,3-7,11H2,1-2H3,(H,18,19). The summed E-state index contributed by atoms with van der Waals surface area (Å²) >= 11 is 0. The Bertz CT molecular complexity index is 518. The number of nitrogens with zero attached hydrogens (tertiary/aromatic N) is 1. The van der Waals surface area contributed by atoms with Crippen LogP contribution in [0, 0.1) is 0 Å². The molecule has 114 valence electrons. The first kappa shape index (κ1) is 15.4. The maximum Gasteiger partial charge on any atom is 0.244 e. The molecule has 1 aliphatic carbocycles. The van der Waals surface area contributed by atoms with E-state index in [-0.39, 0.29) is 12.3 Å². The number of amides is 1. The highest BCUT2D eigenvalue weighted by Gasteiger charge is 2.10. The number of hydrogen-bond donors (Lipinski definition) is 1. The molecule has 0 radical (unpaired) electrons. The Morgan fingerprint density at radius 3 is 2.52 bits per heavy atom. The van der Waals surface area contributed by atoms with E-state index in [9.17, 15) is 4.79 Å². The number of methoxy groups -OCH3 is 2. The van der Waals surface area contributed by atoms with E-state index in [1.807, 2.05) is 12.1 Å². The van der Waals surface area contributed by atoms with Crippen molar-refractivity contribution in [1.29, 1.82) is 0 Å². The molecule has 1 fully saturated rings. The van der Waals surface area contributed by atoms with Crippen LogP contribution in [0.1, 0.15) is 37.7 Å². The molecule has 1 saturated carbocycles. The molecule has 1 aromatic carbocycles. The zero-order chi connectivity index (χ0) is 15.1. The van der Waals surface area contributed by atoms with Crippen molar-refractivity contribution in [1.82, 2.24) is 5.43 Å². The number of hydrogen-bond acceptors (Lipinski definition) is 4. The van der Waals surface area contributed by atoms with E-state index < -0.39 is 0 Å². The fraction of sp³-hybridized carbons (Fsp3) is 0.500. The van der Waals surface area contributed by atoms with Gasteiger partial charge in [0.1, 0.15) is 0 Å². The van der Waals surface area contributed by atoms with Crippen LogP contribution in [0.25, 0.3) is 0 Å². The van der Waals surface area contributed by atoms with Gasteiger partial charge in [0.2, 0.25) is 5.91 Å². The van der Waals surface area contributed by atoms with Crippen LogP contribution in [0.4, 0.5) is 0 Å². The lowest BCUT2D eigenvalue weighted by atomic mass is 9.99. The van der Waals surface area contributed by atoms with Crippen molar-refractivity contribution in [2.45, 2.75) is 38.5 Å². The number of hydrazone groups is 1. The van der Waals surface area contributed by atoms with E-state index in [2.05, 4.69) is 10.5 Å². The quantitative estimate of drug-likeness (QED) is 0.848. The van der Waals surface area contributed by atoms with Crippen molar-refractivity contribution in [2.75, 3.05) is 14.2 Å². The normalized spacial score (nSPS) is 14.5. The predicted octanol–water partition coefficient (Wildman–Crippen LogP) is 2.68. The molecule has 0 aliphatic heterocycles. The fourth-order valence-corrected chi connectivity index (χ4v) is 2.43. The van der Waals surface area contributed by atoms with Crippen LogP contribution in [0.3, 0.4) is 0 Å². The first-order valence-corrected chi connectivity index (χ1v) is 7.28. The molecular weight excluding hydrogens is 268 g/mol. The zero-order valence-electron chi connectivity index (χ0n) is 12.6. The molecule has 2 rings (SSSR count). The van der Waals surface area contributed by atoms with Crippen molar-refractivity contribution in [2.24, 2.45) is 5.10 Å². The van der Waals surface area contributed by atoms with Crippen LogP contribution >= 0.6 is 0 Å². The summed E-state index contributed by atoms with van der Waals surface area (Å²) in [5.41, 5.74) is 4.61. The van der Waals surface area contributed by atoms with Crippen LogP contribution in [0.15, 0.2) is 23.3 Å². The Balaban J connectivity index is 1.93. The lowest BCUT2D eigenvalue weighted by Gasteiger charge is -2.12. The molecule has 0 spiro atoms. The Morgan fingerprint density at radius 1 is 1.14 bits per heavy atom. The molecule has 0 atom stereocenters. The highest BCUT2D eigenvalue weighted by molar-refractivity contribution is 5.87. The number of benzene rings is 1. The maximum absolute atomic E-state index is 11.9. The Kier molecular flexibility index (Phi) is 5.60. The van der Waals surface area contributed by atoms with Crippen molar-refractivity contribution in [3.05, 3.63) is 23.8 Å². The molecule has 1 amide bonds. The molecule has 21 heavy (non-hydrogen) atoms. The third-order valence-electron chi connectivity index (χ3n) is 3.58. The first-order valence-electron chi connectivity index (χ1n) is 7.28. The number of ether oxygens (including phenoxy) is 2. The molecule has 1 aliphatic rings. The van der Waals surface area contributed by atoms with Crippen LogP contribution < -0.4 is 14.9 Å². The van der Waals surface area contributed by atoms with Gasteiger partial charge in [-0.15, -0.1) is 0 Å². The summed E-state index contributed by atoms with van der Waals surface area (Å²) in [4.78, 5) is 11.9. The topological polar surface area (TPSA) is 59.9 Å². The molecule has 1 aromatic rings. The van der Waals surface area contributed by atoms with E-state index in [1.165, 1.54) is 19.3 Å². The fourth-order valence-electron chi connectivity index (χ4n) is 2.43. The average Bonchev–Trinajstić information content (AvgIpc) is 2.53. The lowest BCUT2D eigenvalue weighted by Crippen LogP contribution is -2.22. The van der Waals surface area contributed by atoms with Crippen LogP contribution in [0.2, 0.25) is 0 Å². The first-order chi connectivity index (χ1) is 10.2. The second kappa shape index (κ2) is 7.67. The summed E-state index contributed by atoms with van der Waals surface area (Å²) in [7, 11) is 3.17. The van der Waals surface area contributed by atoms with E-state index in [0.29, 0.717) is 11.5 Å².